The summed E-state index contributed by atoms with van der Waals surface area (Å²) in [6, 6.07) is 46.5. The highest BCUT2D eigenvalue weighted by Crippen LogP contribution is 2.58. The van der Waals surface area contributed by atoms with E-state index < -0.39 is 0 Å². The van der Waals surface area contributed by atoms with E-state index in [4.69, 9.17) is 0 Å². The van der Waals surface area contributed by atoms with Crippen LogP contribution in [0, 0.1) is 0 Å². The fourth-order valence-electron chi connectivity index (χ4n) is 5.85. The predicted molar refractivity (Wildman–Crippen MR) is 144 cm³/mol. The maximum absolute atomic E-state index is 2.35. The molecule has 0 fully saturated rings. The third kappa shape index (κ3) is 3.13. The minimum absolute atomic E-state index is 0. The lowest BCUT2D eigenvalue weighted by atomic mass is 9.68. The Balaban J connectivity index is 0.00000241. The zero-order chi connectivity index (χ0) is 22.3. The third-order valence-corrected chi connectivity index (χ3v) is 7.25. The Labute approximate surface area is 202 Å². The lowest BCUT2D eigenvalue weighted by molar-refractivity contribution is 0.611. The summed E-state index contributed by atoms with van der Waals surface area (Å²) in [5, 5.41) is 0. The molecule has 3 N–H and O–H groups in total. The molecule has 0 bridgehead atoms. The monoisotopic (exact) mass is 439 g/mol. The van der Waals surface area contributed by atoms with E-state index in [1.54, 1.807) is 0 Å². The first kappa shape index (κ1) is 21.9. The Kier molecular flexibility index (Phi) is 5.65. The standard InChI is InChI=1S/C33H26.H3N/c1-2-33(26-18-10-5-11-19-26)30-21-13-12-20-28(30)29-23-22-27(24-14-6-3-7-15-24)31(32(29)33)25-16-8-4-9-17-25;/h3-23H,2H2,1H3;1H3. The predicted octanol–water partition coefficient (Wildman–Crippen LogP) is 8.91. The van der Waals surface area contributed by atoms with Gasteiger partial charge in [-0.05, 0) is 56.5 Å². The van der Waals surface area contributed by atoms with Gasteiger partial charge in [0.1, 0.15) is 0 Å². The number of fused-ring (bicyclic) bond motifs is 3. The van der Waals surface area contributed by atoms with E-state index >= 15 is 0 Å². The normalized spacial score (nSPS) is 15.8. The van der Waals surface area contributed by atoms with Gasteiger partial charge in [0, 0.05) is 5.41 Å². The van der Waals surface area contributed by atoms with Crippen molar-refractivity contribution in [3.63, 3.8) is 0 Å². The molecule has 0 amide bonds. The molecule has 0 spiro atoms. The molecule has 34 heavy (non-hydrogen) atoms. The van der Waals surface area contributed by atoms with Crippen LogP contribution in [0.4, 0.5) is 0 Å². The minimum Gasteiger partial charge on any atom is -0.344 e. The van der Waals surface area contributed by atoms with E-state index in [-0.39, 0.29) is 11.6 Å². The zero-order valence-corrected chi connectivity index (χ0v) is 19.5. The van der Waals surface area contributed by atoms with Crippen LogP contribution in [0.25, 0.3) is 33.4 Å². The summed E-state index contributed by atoms with van der Waals surface area (Å²) in [6.45, 7) is 2.34. The van der Waals surface area contributed by atoms with Crippen LogP contribution in [0.3, 0.4) is 0 Å². The highest BCUT2D eigenvalue weighted by atomic mass is 14.5. The fraction of sp³-hybridized carbons (Fsp3) is 0.0909. The summed E-state index contributed by atoms with van der Waals surface area (Å²) < 4.78 is 0. The van der Waals surface area contributed by atoms with E-state index in [9.17, 15) is 0 Å². The van der Waals surface area contributed by atoms with Crippen molar-refractivity contribution in [1.82, 2.24) is 6.15 Å². The summed E-state index contributed by atoms with van der Waals surface area (Å²) in [7, 11) is 0. The molecule has 0 saturated heterocycles. The summed E-state index contributed by atoms with van der Waals surface area (Å²) in [6.07, 6.45) is 0.999. The molecule has 6 rings (SSSR count). The van der Waals surface area contributed by atoms with Crippen LogP contribution >= 0.6 is 0 Å². The van der Waals surface area contributed by atoms with Gasteiger partial charge in [0.05, 0.1) is 0 Å². The molecule has 1 aliphatic carbocycles. The van der Waals surface area contributed by atoms with Gasteiger partial charge in [0.25, 0.3) is 0 Å². The molecule has 0 radical (unpaired) electrons. The van der Waals surface area contributed by atoms with Crippen molar-refractivity contribution in [3.8, 4) is 33.4 Å². The summed E-state index contributed by atoms with van der Waals surface area (Å²) in [5.41, 5.74) is 11.9. The second-order valence-electron chi connectivity index (χ2n) is 8.81. The zero-order valence-electron chi connectivity index (χ0n) is 19.5. The molecular formula is C33H29N. The van der Waals surface area contributed by atoms with Gasteiger partial charge >= 0.3 is 0 Å². The minimum atomic E-state index is -0.191. The van der Waals surface area contributed by atoms with Gasteiger partial charge in [-0.15, -0.1) is 0 Å². The molecule has 166 valence electrons. The van der Waals surface area contributed by atoms with Gasteiger partial charge in [-0.25, -0.2) is 0 Å². The molecule has 0 heterocycles. The topological polar surface area (TPSA) is 35.0 Å². The molecule has 5 aromatic rings. The first-order valence-corrected chi connectivity index (χ1v) is 11.8. The Morgan fingerprint density at radius 1 is 0.500 bits per heavy atom. The van der Waals surface area contributed by atoms with E-state index in [0.717, 1.165) is 6.42 Å². The summed E-state index contributed by atoms with van der Waals surface area (Å²) >= 11 is 0. The highest BCUT2D eigenvalue weighted by Gasteiger charge is 2.45. The van der Waals surface area contributed by atoms with Crippen molar-refractivity contribution in [2.75, 3.05) is 0 Å². The fourth-order valence-corrected chi connectivity index (χ4v) is 5.85. The van der Waals surface area contributed by atoms with Crippen LogP contribution in [0.5, 0.6) is 0 Å². The van der Waals surface area contributed by atoms with Crippen molar-refractivity contribution >= 4 is 0 Å². The Bertz CT molecular complexity index is 1420. The van der Waals surface area contributed by atoms with Gasteiger partial charge in [-0.2, -0.15) is 0 Å². The molecule has 0 aliphatic heterocycles. The number of rotatable bonds is 4. The molecule has 5 aromatic carbocycles. The molecule has 1 nitrogen and oxygen atoms in total. The average Bonchev–Trinajstić information content (AvgIpc) is 3.20. The van der Waals surface area contributed by atoms with E-state index in [1.807, 2.05) is 0 Å². The molecule has 1 unspecified atom stereocenters. The van der Waals surface area contributed by atoms with E-state index in [0.29, 0.717) is 0 Å². The van der Waals surface area contributed by atoms with Gasteiger partial charge in [0.15, 0.2) is 0 Å². The number of hydrogen-bond acceptors (Lipinski definition) is 1. The second kappa shape index (κ2) is 8.78. The highest BCUT2D eigenvalue weighted by molar-refractivity contribution is 5.97. The first-order chi connectivity index (χ1) is 16.3. The lowest BCUT2D eigenvalue weighted by Crippen LogP contribution is -2.26. The first-order valence-electron chi connectivity index (χ1n) is 11.8. The Hall–Kier alpha value is -3.94. The average molecular weight is 440 g/mol. The van der Waals surface area contributed by atoms with Crippen molar-refractivity contribution in [1.29, 1.82) is 0 Å². The SMILES string of the molecule is CCC1(c2ccccc2)c2ccccc2-c2ccc(-c3ccccc3)c(-c3ccccc3)c21.N. The smallest absolute Gasteiger partial charge is 0.0467 e. The van der Waals surface area contributed by atoms with Crippen LogP contribution < -0.4 is 6.15 Å². The third-order valence-electron chi connectivity index (χ3n) is 7.25. The van der Waals surface area contributed by atoms with E-state index in [2.05, 4.69) is 134 Å². The van der Waals surface area contributed by atoms with Gasteiger partial charge in [0.2, 0.25) is 0 Å². The quantitative estimate of drug-likeness (QED) is 0.298. The van der Waals surface area contributed by atoms with Crippen molar-refractivity contribution in [2.24, 2.45) is 0 Å². The summed E-state index contributed by atoms with van der Waals surface area (Å²) in [4.78, 5) is 0. The number of benzene rings is 5. The molecule has 0 aromatic heterocycles. The van der Waals surface area contributed by atoms with Crippen molar-refractivity contribution in [2.45, 2.75) is 18.8 Å². The molecular weight excluding hydrogens is 410 g/mol. The molecule has 1 heteroatoms. The van der Waals surface area contributed by atoms with Crippen LogP contribution in [0.1, 0.15) is 30.0 Å². The molecule has 0 saturated carbocycles. The van der Waals surface area contributed by atoms with Gasteiger partial charge in [-0.1, -0.05) is 134 Å². The Morgan fingerprint density at radius 2 is 1.03 bits per heavy atom. The van der Waals surface area contributed by atoms with Gasteiger partial charge in [-0.3, -0.25) is 0 Å². The molecule has 1 aliphatic rings. The maximum atomic E-state index is 2.35. The Morgan fingerprint density at radius 3 is 1.68 bits per heavy atom. The molecule has 1 atom stereocenters. The van der Waals surface area contributed by atoms with Gasteiger partial charge < -0.3 is 6.15 Å². The van der Waals surface area contributed by atoms with Crippen LogP contribution in [0.2, 0.25) is 0 Å². The van der Waals surface area contributed by atoms with E-state index in [1.165, 1.54) is 50.1 Å². The lowest BCUT2D eigenvalue weighted by Gasteiger charge is -2.34. The van der Waals surface area contributed by atoms with Crippen molar-refractivity contribution < 1.29 is 0 Å². The second-order valence-corrected chi connectivity index (χ2v) is 8.81. The van der Waals surface area contributed by atoms with Crippen LogP contribution in [0.15, 0.2) is 127 Å². The summed E-state index contributed by atoms with van der Waals surface area (Å²) in [5.74, 6) is 0. The van der Waals surface area contributed by atoms with Crippen LogP contribution in [-0.2, 0) is 5.41 Å². The van der Waals surface area contributed by atoms with Crippen molar-refractivity contribution in [3.05, 3.63) is 144 Å². The number of hydrogen-bond donors (Lipinski definition) is 1. The largest absolute Gasteiger partial charge is 0.344 e. The maximum Gasteiger partial charge on any atom is 0.0467 e. The van der Waals surface area contributed by atoms with Crippen LogP contribution in [-0.4, -0.2) is 0 Å².